The van der Waals surface area contributed by atoms with E-state index in [2.05, 4.69) is 45.0 Å². The number of rotatable bonds is 9. The summed E-state index contributed by atoms with van der Waals surface area (Å²) in [7, 11) is 1.62. The van der Waals surface area contributed by atoms with Gasteiger partial charge in [0.15, 0.2) is 11.6 Å². The van der Waals surface area contributed by atoms with Gasteiger partial charge in [0.1, 0.15) is 5.75 Å². The van der Waals surface area contributed by atoms with E-state index < -0.39 is 0 Å². The van der Waals surface area contributed by atoms with Crippen molar-refractivity contribution in [1.82, 2.24) is 24.6 Å². The van der Waals surface area contributed by atoms with E-state index in [-0.39, 0.29) is 5.91 Å². The van der Waals surface area contributed by atoms with Gasteiger partial charge in [-0.05, 0) is 38.1 Å². The minimum atomic E-state index is -0.300. The molecule has 2 aliphatic rings. The summed E-state index contributed by atoms with van der Waals surface area (Å²) in [5.74, 6) is 1.40. The Morgan fingerprint density at radius 2 is 1.88 bits per heavy atom. The van der Waals surface area contributed by atoms with Crippen molar-refractivity contribution >= 4 is 17.3 Å². The minimum absolute atomic E-state index is 0.300. The molecule has 10 heteroatoms. The molecule has 0 bridgehead atoms. The number of anilines is 2. The normalized spacial score (nSPS) is 15.5. The summed E-state index contributed by atoms with van der Waals surface area (Å²) in [4.78, 5) is 26.5. The molecule has 216 valence electrons. The van der Waals surface area contributed by atoms with Crippen molar-refractivity contribution < 1.29 is 14.3 Å². The van der Waals surface area contributed by atoms with Crippen molar-refractivity contribution in [3.8, 4) is 34.2 Å². The van der Waals surface area contributed by atoms with E-state index in [1.165, 1.54) is 18.9 Å². The van der Waals surface area contributed by atoms with Crippen LogP contribution in [0.5, 0.6) is 5.75 Å². The Hall–Kier alpha value is -4.54. The SMILES string of the molecule is C=CC(=O)Nc1cc(-c2nccc(-n3cc(CN4CCCC4)c(-c4ccccc4)n3)n2)c(OC)cc1N1CCOCC1. The zero-order chi connectivity index (χ0) is 28.9. The Morgan fingerprint density at radius 3 is 2.62 bits per heavy atom. The van der Waals surface area contributed by atoms with Gasteiger partial charge in [0.2, 0.25) is 5.91 Å². The number of nitrogens with one attached hydrogen (secondary N) is 1. The monoisotopic (exact) mass is 565 g/mol. The summed E-state index contributed by atoms with van der Waals surface area (Å²) in [6, 6.07) is 15.9. The first-order valence-electron chi connectivity index (χ1n) is 14.3. The first-order valence-corrected chi connectivity index (χ1v) is 14.3. The highest BCUT2D eigenvalue weighted by atomic mass is 16.5. The molecule has 42 heavy (non-hydrogen) atoms. The lowest BCUT2D eigenvalue weighted by Gasteiger charge is -2.31. The second kappa shape index (κ2) is 12.5. The Morgan fingerprint density at radius 1 is 1.10 bits per heavy atom. The van der Waals surface area contributed by atoms with Gasteiger partial charge in [-0.1, -0.05) is 36.9 Å². The van der Waals surface area contributed by atoms with E-state index in [0.717, 1.165) is 42.1 Å². The van der Waals surface area contributed by atoms with Gasteiger partial charge in [0.25, 0.3) is 0 Å². The average Bonchev–Trinajstić information content (AvgIpc) is 3.72. The lowest BCUT2D eigenvalue weighted by molar-refractivity contribution is -0.111. The molecular weight excluding hydrogens is 530 g/mol. The standard InChI is InChI=1S/C32H35N7O3/c1-3-30(40)34-26-19-25(28(41-2)20-27(26)38-15-17-42-18-16-38)32-33-12-11-29(35-32)39-22-24(21-37-13-7-8-14-37)31(36-39)23-9-5-4-6-10-23/h3-6,9-12,19-20,22H,1,7-8,13-18,21H2,2H3,(H,34,40). The molecular formula is C32H35N7O3. The molecule has 2 saturated heterocycles. The van der Waals surface area contributed by atoms with Crippen LogP contribution in [0.4, 0.5) is 11.4 Å². The van der Waals surface area contributed by atoms with Gasteiger partial charge in [0.05, 0.1) is 43.0 Å². The number of ether oxygens (including phenoxy) is 2. The predicted molar refractivity (Wildman–Crippen MR) is 163 cm³/mol. The molecule has 0 spiro atoms. The Kier molecular flexibility index (Phi) is 8.25. The van der Waals surface area contributed by atoms with Crippen molar-refractivity contribution in [2.75, 3.05) is 56.7 Å². The van der Waals surface area contributed by atoms with Gasteiger partial charge < -0.3 is 19.7 Å². The topological polar surface area (TPSA) is 97.6 Å². The molecule has 4 heterocycles. The van der Waals surface area contributed by atoms with Gasteiger partial charge in [-0.3, -0.25) is 9.69 Å². The van der Waals surface area contributed by atoms with E-state index in [4.69, 9.17) is 19.6 Å². The third kappa shape index (κ3) is 5.90. The fourth-order valence-electron chi connectivity index (χ4n) is 5.53. The maximum absolute atomic E-state index is 12.4. The van der Waals surface area contributed by atoms with Crippen LogP contribution in [0.2, 0.25) is 0 Å². The van der Waals surface area contributed by atoms with Crippen molar-refractivity contribution in [3.63, 3.8) is 0 Å². The third-order valence-corrected chi connectivity index (χ3v) is 7.66. The molecule has 0 aliphatic carbocycles. The summed E-state index contributed by atoms with van der Waals surface area (Å²) in [6.45, 7) is 9.28. The Balaban J connectivity index is 1.40. The minimum Gasteiger partial charge on any atom is -0.496 e. The summed E-state index contributed by atoms with van der Waals surface area (Å²) in [5, 5.41) is 7.95. The quantitative estimate of drug-likeness (QED) is 0.295. The molecule has 2 aliphatic heterocycles. The third-order valence-electron chi connectivity index (χ3n) is 7.66. The van der Waals surface area contributed by atoms with E-state index in [9.17, 15) is 4.79 Å². The number of carbonyl (C=O) groups excluding carboxylic acids is 1. The van der Waals surface area contributed by atoms with Crippen LogP contribution >= 0.6 is 0 Å². The lowest BCUT2D eigenvalue weighted by Crippen LogP contribution is -2.36. The summed E-state index contributed by atoms with van der Waals surface area (Å²) < 4.78 is 13.2. The van der Waals surface area contributed by atoms with Crippen LogP contribution in [0, 0.1) is 0 Å². The molecule has 2 fully saturated rings. The first kappa shape index (κ1) is 27.6. The van der Waals surface area contributed by atoms with Crippen LogP contribution in [-0.4, -0.2) is 77.1 Å². The molecule has 0 radical (unpaired) electrons. The van der Waals surface area contributed by atoms with Crippen molar-refractivity contribution in [3.05, 3.63) is 79.1 Å². The van der Waals surface area contributed by atoms with E-state index in [1.54, 1.807) is 13.3 Å². The van der Waals surface area contributed by atoms with Crippen LogP contribution in [-0.2, 0) is 16.1 Å². The number of methoxy groups -OCH3 is 1. The van der Waals surface area contributed by atoms with Crippen molar-refractivity contribution in [1.29, 1.82) is 0 Å². The van der Waals surface area contributed by atoms with Gasteiger partial charge >= 0.3 is 0 Å². The lowest BCUT2D eigenvalue weighted by atomic mass is 10.1. The number of amides is 1. The van der Waals surface area contributed by atoms with Gasteiger partial charge in [-0.2, -0.15) is 5.10 Å². The predicted octanol–water partition coefficient (Wildman–Crippen LogP) is 4.56. The molecule has 0 saturated carbocycles. The van der Waals surface area contributed by atoms with Crippen LogP contribution in [0.1, 0.15) is 18.4 Å². The number of benzene rings is 2. The highest BCUT2D eigenvalue weighted by Gasteiger charge is 2.22. The second-order valence-corrected chi connectivity index (χ2v) is 10.4. The largest absolute Gasteiger partial charge is 0.496 e. The number of carbonyl (C=O) groups is 1. The molecule has 1 N–H and O–H groups in total. The number of likely N-dealkylation sites (tertiary alicyclic amines) is 1. The van der Waals surface area contributed by atoms with Gasteiger partial charge in [-0.25, -0.2) is 14.6 Å². The maximum Gasteiger partial charge on any atom is 0.247 e. The summed E-state index contributed by atoms with van der Waals surface area (Å²) in [6.07, 6.45) is 7.50. The molecule has 1 amide bonds. The molecule has 2 aromatic carbocycles. The summed E-state index contributed by atoms with van der Waals surface area (Å²) in [5.41, 5.74) is 5.31. The van der Waals surface area contributed by atoms with Crippen LogP contribution < -0.4 is 15.0 Å². The van der Waals surface area contributed by atoms with Crippen molar-refractivity contribution in [2.45, 2.75) is 19.4 Å². The molecule has 10 nitrogen and oxygen atoms in total. The molecule has 6 rings (SSSR count). The van der Waals surface area contributed by atoms with E-state index >= 15 is 0 Å². The number of morpholine rings is 1. The zero-order valence-electron chi connectivity index (χ0n) is 23.8. The second-order valence-electron chi connectivity index (χ2n) is 10.4. The zero-order valence-corrected chi connectivity index (χ0v) is 23.8. The van der Waals surface area contributed by atoms with Gasteiger partial charge in [0, 0.05) is 55.3 Å². The number of nitrogens with zero attached hydrogens (tertiary/aromatic N) is 6. The number of hydrogen-bond donors (Lipinski definition) is 1. The Labute approximate surface area is 245 Å². The fourth-order valence-corrected chi connectivity index (χ4v) is 5.53. The first-order chi connectivity index (χ1) is 20.6. The van der Waals surface area contributed by atoms with Crippen LogP contribution in [0.15, 0.2) is 73.6 Å². The van der Waals surface area contributed by atoms with Crippen molar-refractivity contribution in [2.24, 2.45) is 0 Å². The molecule has 0 atom stereocenters. The highest BCUT2D eigenvalue weighted by Crippen LogP contribution is 2.39. The maximum atomic E-state index is 12.4. The fraction of sp³-hybridized carbons (Fsp3) is 0.312. The van der Waals surface area contributed by atoms with Gasteiger partial charge in [-0.15, -0.1) is 0 Å². The van der Waals surface area contributed by atoms with E-state index in [1.807, 2.05) is 41.1 Å². The summed E-state index contributed by atoms with van der Waals surface area (Å²) >= 11 is 0. The van der Waals surface area contributed by atoms with Crippen LogP contribution in [0.25, 0.3) is 28.5 Å². The molecule has 2 aromatic heterocycles. The number of hydrogen-bond acceptors (Lipinski definition) is 8. The van der Waals surface area contributed by atoms with Crippen LogP contribution in [0.3, 0.4) is 0 Å². The smallest absolute Gasteiger partial charge is 0.247 e. The number of aromatic nitrogens is 4. The average molecular weight is 566 g/mol. The molecule has 0 unspecified atom stereocenters. The highest BCUT2D eigenvalue weighted by molar-refractivity contribution is 6.02. The molecule has 4 aromatic rings. The van der Waals surface area contributed by atoms with E-state index in [0.29, 0.717) is 54.9 Å². The Bertz CT molecular complexity index is 1560.